The molecule has 0 radical (unpaired) electrons. The van der Waals surface area contributed by atoms with Crippen LogP contribution in [0.15, 0.2) is 18.2 Å². The third-order valence-corrected chi connectivity index (χ3v) is 5.51. The lowest BCUT2D eigenvalue weighted by Gasteiger charge is -2.25. The van der Waals surface area contributed by atoms with Gasteiger partial charge in [-0.3, -0.25) is 4.90 Å². The number of thiophene rings is 1. The summed E-state index contributed by atoms with van der Waals surface area (Å²) in [7, 11) is 0. The van der Waals surface area contributed by atoms with E-state index in [-0.39, 0.29) is 9.90 Å². The molecule has 1 saturated heterocycles. The van der Waals surface area contributed by atoms with Gasteiger partial charge in [0.25, 0.3) is 0 Å². The van der Waals surface area contributed by atoms with Crippen molar-refractivity contribution in [2.24, 2.45) is 0 Å². The van der Waals surface area contributed by atoms with Crippen molar-refractivity contribution in [3.05, 3.63) is 33.9 Å². The Morgan fingerprint density at radius 2 is 2.09 bits per heavy atom. The lowest BCUT2D eigenvalue weighted by Crippen LogP contribution is -2.33. The van der Waals surface area contributed by atoms with Gasteiger partial charge in [0.05, 0.1) is 5.02 Å². The second kappa shape index (κ2) is 6.94. The van der Waals surface area contributed by atoms with Gasteiger partial charge in [-0.2, -0.15) is 0 Å². The number of hydrogen-bond donors (Lipinski definition) is 0. The molecule has 1 aliphatic rings. The zero-order valence-electron chi connectivity index (χ0n) is 12.1. The number of nitrogens with zero attached hydrogens (tertiary/aromatic N) is 1. The zero-order valence-corrected chi connectivity index (χ0v) is 13.7. The summed E-state index contributed by atoms with van der Waals surface area (Å²) < 4.78 is 19.7. The van der Waals surface area contributed by atoms with Gasteiger partial charge in [-0.1, -0.05) is 24.1 Å². The van der Waals surface area contributed by atoms with Gasteiger partial charge in [0, 0.05) is 16.6 Å². The van der Waals surface area contributed by atoms with Crippen LogP contribution in [0.3, 0.4) is 0 Å². The van der Waals surface area contributed by atoms with E-state index in [4.69, 9.17) is 16.3 Å². The molecule has 1 fully saturated rings. The molecule has 0 saturated carbocycles. The number of fused-ring (bicyclic) bond motifs is 1. The van der Waals surface area contributed by atoms with Crippen molar-refractivity contribution in [3.63, 3.8) is 0 Å². The molecule has 3 nitrogen and oxygen atoms in total. The fourth-order valence-electron chi connectivity index (χ4n) is 2.72. The van der Waals surface area contributed by atoms with Crippen molar-refractivity contribution >= 4 is 39.0 Å². The summed E-state index contributed by atoms with van der Waals surface area (Å²) in [6, 6.07) is 4.70. The SMILES string of the molecule is O=C(OCCN1CCCCC1)c1sc2cccc(F)c2c1Cl. The first-order valence-corrected chi connectivity index (χ1v) is 8.62. The van der Waals surface area contributed by atoms with E-state index in [9.17, 15) is 9.18 Å². The third kappa shape index (κ3) is 3.26. The maximum atomic E-state index is 13.8. The van der Waals surface area contributed by atoms with E-state index in [1.165, 1.54) is 36.7 Å². The minimum absolute atomic E-state index is 0.154. The van der Waals surface area contributed by atoms with Crippen LogP contribution in [0, 0.1) is 5.82 Å². The van der Waals surface area contributed by atoms with Gasteiger partial charge in [-0.05, 0) is 38.1 Å². The average molecular weight is 342 g/mol. The predicted octanol–water partition coefficient (Wildman–Crippen LogP) is 4.34. The highest BCUT2D eigenvalue weighted by molar-refractivity contribution is 7.21. The van der Waals surface area contributed by atoms with E-state index in [0.29, 0.717) is 16.7 Å². The number of carbonyl (C=O) groups excluding carboxylic acids is 1. The molecule has 118 valence electrons. The number of esters is 1. The highest BCUT2D eigenvalue weighted by atomic mass is 35.5. The van der Waals surface area contributed by atoms with Crippen molar-refractivity contribution in [2.75, 3.05) is 26.2 Å². The molecule has 22 heavy (non-hydrogen) atoms. The number of likely N-dealkylation sites (tertiary alicyclic amines) is 1. The van der Waals surface area contributed by atoms with Gasteiger partial charge in [-0.25, -0.2) is 9.18 Å². The zero-order chi connectivity index (χ0) is 15.5. The first kappa shape index (κ1) is 15.7. The van der Waals surface area contributed by atoms with E-state index >= 15 is 0 Å². The summed E-state index contributed by atoms with van der Waals surface area (Å²) in [5, 5.41) is 0.457. The molecule has 2 aromatic rings. The molecule has 6 heteroatoms. The van der Waals surface area contributed by atoms with Crippen LogP contribution in [0.2, 0.25) is 5.02 Å². The van der Waals surface area contributed by atoms with Gasteiger partial charge in [-0.15, -0.1) is 11.3 Å². The lowest BCUT2D eigenvalue weighted by molar-refractivity contribution is 0.0458. The first-order valence-electron chi connectivity index (χ1n) is 7.43. The highest BCUT2D eigenvalue weighted by Gasteiger charge is 2.21. The molecule has 1 aromatic carbocycles. The van der Waals surface area contributed by atoms with Crippen LogP contribution in [0.5, 0.6) is 0 Å². The Hall–Kier alpha value is -1.17. The van der Waals surface area contributed by atoms with Crippen LogP contribution in [0.4, 0.5) is 4.39 Å². The molecule has 2 heterocycles. The summed E-state index contributed by atoms with van der Waals surface area (Å²) in [6.45, 7) is 3.20. The largest absolute Gasteiger partial charge is 0.460 e. The van der Waals surface area contributed by atoms with Crippen molar-refractivity contribution in [1.29, 1.82) is 0 Å². The van der Waals surface area contributed by atoms with E-state index < -0.39 is 11.8 Å². The van der Waals surface area contributed by atoms with E-state index in [1.54, 1.807) is 12.1 Å². The Morgan fingerprint density at radius 1 is 1.32 bits per heavy atom. The van der Waals surface area contributed by atoms with Gasteiger partial charge in [0.1, 0.15) is 17.3 Å². The maximum absolute atomic E-state index is 13.8. The lowest BCUT2D eigenvalue weighted by atomic mass is 10.1. The molecule has 3 rings (SSSR count). The fraction of sp³-hybridized carbons (Fsp3) is 0.438. The normalized spacial score (nSPS) is 16.1. The standard InChI is InChI=1S/C16H17ClFNO2S/c17-14-13-11(18)5-4-6-12(13)22-15(14)16(20)21-10-9-19-7-2-1-3-8-19/h4-6H,1-3,7-10H2. The van der Waals surface area contributed by atoms with Gasteiger partial charge in [0.15, 0.2) is 0 Å². The topological polar surface area (TPSA) is 29.5 Å². The minimum atomic E-state index is -0.470. The second-order valence-corrected chi connectivity index (χ2v) is 6.83. The number of ether oxygens (including phenoxy) is 1. The van der Waals surface area contributed by atoms with Crippen LogP contribution in [0.1, 0.15) is 28.9 Å². The van der Waals surface area contributed by atoms with Crippen molar-refractivity contribution in [1.82, 2.24) is 4.90 Å². The summed E-state index contributed by atoms with van der Waals surface area (Å²) in [6.07, 6.45) is 3.68. The molecule has 0 spiro atoms. The number of halogens is 2. The molecule has 0 aliphatic carbocycles. The van der Waals surface area contributed by atoms with Crippen molar-refractivity contribution in [2.45, 2.75) is 19.3 Å². The van der Waals surface area contributed by atoms with Gasteiger partial charge >= 0.3 is 5.97 Å². The Labute approximate surface area is 137 Å². The first-order chi connectivity index (χ1) is 10.7. The van der Waals surface area contributed by atoms with Crippen LogP contribution in [-0.4, -0.2) is 37.1 Å². The summed E-state index contributed by atoms with van der Waals surface area (Å²) >= 11 is 7.32. The van der Waals surface area contributed by atoms with Crippen LogP contribution in [-0.2, 0) is 4.74 Å². The average Bonchev–Trinajstić information content (AvgIpc) is 2.87. The van der Waals surface area contributed by atoms with E-state index in [0.717, 1.165) is 19.6 Å². The molecular formula is C16H17ClFNO2S. The molecular weight excluding hydrogens is 325 g/mol. The Kier molecular flexibility index (Phi) is 4.96. The number of benzene rings is 1. The van der Waals surface area contributed by atoms with E-state index in [2.05, 4.69) is 4.90 Å². The van der Waals surface area contributed by atoms with E-state index in [1.807, 2.05) is 0 Å². The number of rotatable bonds is 4. The molecule has 0 amide bonds. The number of piperidine rings is 1. The van der Waals surface area contributed by atoms with Gasteiger partial charge < -0.3 is 4.74 Å². The van der Waals surface area contributed by atoms with Crippen molar-refractivity contribution in [3.8, 4) is 0 Å². The quantitative estimate of drug-likeness (QED) is 0.775. The molecule has 0 atom stereocenters. The summed E-state index contributed by atoms with van der Waals surface area (Å²) in [5.74, 6) is -0.881. The maximum Gasteiger partial charge on any atom is 0.349 e. The Morgan fingerprint density at radius 3 is 2.82 bits per heavy atom. The predicted molar refractivity (Wildman–Crippen MR) is 87.4 cm³/mol. The summed E-state index contributed by atoms with van der Waals surface area (Å²) in [4.78, 5) is 14.7. The molecule has 0 unspecified atom stereocenters. The Balaban J connectivity index is 1.65. The smallest absolute Gasteiger partial charge is 0.349 e. The number of carbonyl (C=O) groups is 1. The minimum Gasteiger partial charge on any atom is -0.460 e. The highest BCUT2D eigenvalue weighted by Crippen LogP contribution is 2.37. The number of hydrogen-bond acceptors (Lipinski definition) is 4. The van der Waals surface area contributed by atoms with Crippen LogP contribution < -0.4 is 0 Å². The molecule has 1 aromatic heterocycles. The monoisotopic (exact) mass is 341 g/mol. The Bertz CT molecular complexity index is 682. The third-order valence-electron chi connectivity index (χ3n) is 3.88. The molecule has 0 N–H and O–H groups in total. The van der Waals surface area contributed by atoms with Crippen LogP contribution in [0.25, 0.3) is 10.1 Å². The fourth-order valence-corrected chi connectivity index (χ4v) is 4.16. The second-order valence-electron chi connectivity index (χ2n) is 5.40. The van der Waals surface area contributed by atoms with Crippen LogP contribution >= 0.6 is 22.9 Å². The van der Waals surface area contributed by atoms with Crippen molar-refractivity contribution < 1.29 is 13.9 Å². The molecule has 0 bridgehead atoms. The molecule has 1 aliphatic heterocycles. The van der Waals surface area contributed by atoms with Gasteiger partial charge in [0.2, 0.25) is 0 Å². The summed E-state index contributed by atoms with van der Waals surface area (Å²) in [5.41, 5.74) is 0.